The molecule has 1 aromatic heterocycles. The fraction of sp³-hybridized carbons (Fsp3) is 0.174. The molecular formula is C23H21Cl2N3O2. The van der Waals surface area contributed by atoms with Crippen molar-refractivity contribution in [2.45, 2.75) is 24.3 Å². The number of amides is 1. The minimum Gasteiger partial charge on any atom is -0.391 e. The van der Waals surface area contributed by atoms with Gasteiger partial charge in [-0.25, -0.2) is 0 Å². The van der Waals surface area contributed by atoms with Crippen LogP contribution in [0, 0.1) is 0 Å². The topological polar surface area (TPSA) is 63.6 Å². The summed E-state index contributed by atoms with van der Waals surface area (Å²) in [5.41, 5.74) is 4.47. The van der Waals surface area contributed by atoms with E-state index < -0.39 is 0 Å². The molecular weight excluding hydrogens is 421 g/mol. The van der Waals surface area contributed by atoms with Crippen LogP contribution in [0.2, 0.25) is 0 Å². The van der Waals surface area contributed by atoms with Gasteiger partial charge in [0.05, 0.1) is 17.5 Å². The molecule has 0 saturated carbocycles. The Labute approximate surface area is 186 Å². The summed E-state index contributed by atoms with van der Waals surface area (Å²) >= 11 is 6.55. The van der Waals surface area contributed by atoms with Crippen LogP contribution in [0.4, 0.5) is 5.69 Å². The summed E-state index contributed by atoms with van der Waals surface area (Å²) in [5.74, 6) is -0.115. The van der Waals surface area contributed by atoms with E-state index in [1.165, 1.54) is 0 Å². The number of halogens is 2. The van der Waals surface area contributed by atoms with Crippen molar-refractivity contribution in [3.63, 3.8) is 0 Å². The van der Waals surface area contributed by atoms with E-state index in [1.54, 1.807) is 12.4 Å². The summed E-state index contributed by atoms with van der Waals surface area (Å²) in [5, 5.41) is 6.77. The lowest BCUT2D eigenvalue weighted by Gasteiger charge is -2.12. The van der Waals surface area contributed by atoms with E-state index in [4.69, 9.17) is 16.4 Å². The summed E-state index contributed by atoms with van der Waals surface area (Å²) in [7, 11) is 0. The molecule has 0 fully saturated rings. The smallest absolute Gasteiger partial charge is 0.228 e. The third kappa shape index (κ3) is 5.38. The first-order valence-corrected chi connectivity index (χ1v) is 9.84. The maximum absolute atomic E-state index is 12.4. The van der Waals surface area contributed by atoms with Crippen molar-refractivity contribution in [3.05, 3.63) is 95.8 Å². The fourth-order valence-electron chi connectivity index (χ4n) is 3.21. The lowest BCUT2D eigenvalue weighted by atomic mass is 10.0. The van der Waals surface area contributed by atoms with Gasteiger partial charge in [0.1, 0.15) is 6.10 Å². The molecule has 30 heavy (non-hydrogen) atoms. The van der Waals surface area contributed by atoms with Crippen molar-refractivity contribution in [2.75, 3.05) is 5.32 Å². The lowest BCUT2D eigenvalue weighted by molar-refractivity contribution is -0.118. The summed E-state index contributed by atoms with van der Waals surface area (Å²) < 4.78 is 0. The summed E-state index contributed by atoms with van der Waals surface area (Å²) in [4.78, 5) is 21.9. The molecule has 5 nitrogen and oxygen atoms in total. The zero-order valence-corrected chi connectivity index (χ0v) is 17.6. The van der Waals surface area contributed by atoms with E-state index in [-0.39, 0.29) is 36.2 Å². The van der Waals surface area contributed by atoms with Gasteiger partial charge < -0.3 is 10.2 Å². The van der Waals surface area contributed by atoms with Crippen LogP contribution >= 0.6 is 24.0 Å². The van der Waals surface area contributed by atoms with Gasteiger partial charge in [-0.3, -0.25) is 9.78 Å². The number of oxime groups is 1. The summed E-state index contributed by atoms with van der Waals surface area (Å²) in [6.07, 6.45) is 4.00. The van der Waals surface area contributed by atoms with Crippen molar-refractivity contribution in [1.82, 2.24) is 4.98 Å². The van der Waals surface area contributed by atoms with Crippen LogP contribution in [-0.2, 0) is 9.63 Å². The quantitative estimate of drug-likeness (QED) is 0.524. The van der Waals surface area contributed by atoms with Crippen LogP contribution < -0.4 is 5.32 Å². The van der Waals surface area contributed by atoms with Crippen LogP contribution in [0.15, 0.2) is 84.3 Å². The number of nitrogens with zero attached hydrogens (tertiary/aromatic N) is 2. The van der Waals surface area contributed by atoms with Gasteiger partial charge in [0, 0.05) is 30.1 Å². The Kier molecular flexibility index (Phi) is 7.44. The largest absolute Gasteiger partial charge is 0.391 e. The van der Waals surface area contributed by atoms with E-state index in [0.717, 1.165) is 28.1 Å². The van der Waals surface area contributed by atoms with Crippen molar-refractivity contribution in [2.24, 2.45) is 5.16 Å². The second-order valence-corrected chi connectivity index (χ2v) is 7.30. The Morgan fingerprint density at radius 3 is 2.50 bits per heavy atom. The number of benzene rings is 2. The molecule has 1 N–H and O–H groups in total. The van der Waals surface area contributed by atoms with Gasteiger partial charge in [-0.05, 0) is 35.4 Å². The van der Waals surface area contributed by atoms with Gasteiger partial charge in [-0.15, -0.1) is 24.0 Å². The fourth-order valence-corrected chi connectivity index (χ4v) is 3.50. The SMILES string of the molecule is Cl.O=C(C[C@@H]1CC(c2cccnc2)=NO1)Nc1ccc(C(Cl)c2ccccc2)cc1. The Balaban J connectivity index is 0.00000256. The maximum Gasteiger partial charge on any atom is 0.228 e. The molecule has 2 atom stereocenters. The van der Waals surface area contributed by atoms with Crippen molar-refractivity contribution < 1.29 is 9.63 Å². The van der Waals surface area contributed by atoms with Crippen LogP contribution in [0.25, 0.3) is 0 Å². The highest BCUT2D eigenvalue weighted by molar-refractivity contribution is 6.22. The molecule has 1 unspecified atom stereocenters. The number of carbonyl (C=O) groups is 1. The average Bonchev–Trinajstić information content (AvgIpc) is 3.23. The molecule has 0 spiro atoms. The van der Waals surface area contributed by atoms with Crippen LogP contribution in [0.3, 0.4) is 0 Å². The van der Waals surface area contributed by atoms with Gasteiger partial charge >= 0.3 is 0 Å². The molecule has 2 heterocycles. The molecule has 0 radical (unpaired) electrons. The highest BCUT2D eigenvalue weighted by Crippen LogP contribution is 2.29. The molecule has 0 bridgehead atoms. The number of hydrogen-bond donors (Lipinski definition) is 1. The second-order valence-electron chi connectivity index (χ2n) is 6.86. The highest BCUT2D eigenvalue weighted by Gasteiger charge is 2.25. The molecule has 154 valence electrons. The number of nitrogens with one attached hydrogen (secondary N) is 1. The van der Waals surface area contributed by atoms with Crippen LogP contribution in [0.5, 0.6) is 0 Å². The summed E-state index contributed by atoms with van der Waals surface area (Å²) in [6, 6.07) is 21.2. The van der Waals surface area contributed by atoms with Gasteiger partial charge in [0.15, 0.2) is 0 Å². The Bertz CT molecular complexity index is 996. The van der Waals surface area contributed by atoms with Gasteiger partial charge in [-0.2, -0.15) is 0 Å². The first kappa shape index (κ1) is 21.8. The molecule has 2 aromatic carbocycles. The van der Waals surface area contributed by atoms with Crippen molar-refractivity contribution in [3.8, 4) is 0 Å². The third-order valence-corrected chi connectivity index (χ3v) is 5.22. The minimum absolute atomic E-state index is 0. The standard InChI is InChI=1S/C23H20ClN3O2.ClH/c24-23(16-5-2-1-3-6-16)17-8-10-19(11-9-17)26-22(28)14-20-13-21(27-29-20)18-7-4-12-25-15-18;/h1-12,15,20,23H,13-14H2,(H,26,28);1H/t20-,23?;/m0./s1. The van der Waals surface area contributed by atoms with Crippen LogP contribution in [-0.4, -0.2) is 22.7 Å². The first-order chi connectivity index (χ1) is 14.2. The zero-order valence-electron chi connectivity index (χ0n) is 16.1. The van der Waals surface area contributed by atoms with Crippen LogP contribution in [0.1, 0.15) is 34.9 Å². The van der Waals surface area contributed by atoms with Gasteiger partial charge in [0.2, 0.25) is 5.91 Å². The number of carbonyl (C=O) groups excluding carboxylic acids is 1. The summed E-state index contributed by atoms with van der Waals surface area (Å²) in [6.45, 7) is 0. The Morgan fingerprint density at radius 2 is 1.80 bits per heavy atom. The van der Waals surface area contributed by atoms with E-state index in [0.29, 0.717) is 6.42 Å². The number of pyridine rings is 1. The molecule has 7 heteroatoms. The molecule has 4 rings (SSSR count). The molecule has 0 aliphatic carbocycles. The first-order valence-electron chi connectivity index (χ1n) is 9.41. The molecule has 1 amide bonds. The number of hydrogen-bond acceptors (Lipinski definition) is 4. The number of alkyl halides is 1. The van der Waals surface area contributed by atoms with E-state index in [9.17, 15) is 4.79 Å². The average molecular weight is 442 g/mol. The zero-order chi connectivity index (χ0) is 20.1. The predicted octanol–water partition coefficient (Wildman–Crippen LogP) is 5.35. The van der Waals surface area contributed by atoms with E-state index in [1.807, 2.05) is 66.7 Å². The Hall–Kier alpha value is -2.89. The second kappa shape index (κ2) is 10.2. The van der Waals surface area contributed by atoms with E-state index in [2.05, 4.69) is 15.5 Å². The Morgan fingerprint density at radius 1 is 1.07 bits per heavy atom. The number of aromatic nitrogens is 1. The predicted molar refractivity (Wildman–Crippen MR) is 121 cm³/mol. The third-order valence-electron chi connectivity index (χ3n) is 4.72. The van der Waals surface area contributed by atoms with Crippen molar-refractivity contribution >= 4 is 41.3 Å². The van der Waals surface area contributed by atoms with Crippen molar-refractivity contribution in [1.29, 1.82) is 0 Å². The van der Waals surface area contributed by atoms with Gasteiger partial charge in [0.25, 0.3) is 0 Å². The lowest BCUT2D eigenvalue weighted by Crippen LogP contribution is -2.20. The minimum atomic E-state index is -0.269. The normalized spacial score (nSPS) is 16.0. The molecule has 1 aliphatic rings. The molecule has 1 aliphatic heterocycles. The maximum atomic E-state index is 12.4. The number of anilines is 1. The highest BCUT2D eigenvalue weighted by atomic mass is 35.5. The monoisotopic (exact) mass is 441 g/mol. The number of rotatable bonds is 6. The molecule has 3 aromatic rings. The van der Waals surface area contributed by atoms with Gasteiger partial charge in [-0.1, -0.05) is 47.6 Å². The molecule has 0 saturated heterocycles. The van der Waals surface area contributed by atoms with E-state index >= 15 is 0 Å².